The molecule has 0 saturated carbocycles. The maximum atomic E-state index is 13.4. The molecular formula is C17H23FN2O. The van der Waals surface area contributed by atoms with E-state index < -0.39 is 5.82 Å². The van der Waals surface area contributed by atoms with Crippen molar-refractivity contribution in [1.82, 2.24) is 5.32 Å². The van der Waals surface area contributed by atoms with Crippen molar-refractivity contribution in [3.8, 4) is 11.8 Å². The van der Waals surface area contributed by atoms with E-state index in [1.807, 2.05) is 6.92 Å². The predicted octanol–water partition coefficient (Wildman–Crippen LogP) is 2.69. The Balaban J connectivity index is 2.88. The molecule has 4 heteroatoms. The lowest BCUT2D eigenvalue weighted by Crippen LogP contribution is -2.34. The monoisotopic (exact) mass is 290 g/mol. The van der Waals surface area contributed by atoms with Gasteiger partial charge in [-0.3, -0.25) is 4.79 Å². The fourth-order valence-electron chi connectivity index (χ4n) is 2.09. The molecule has 0 aliphatic heterocycles. The molecule has 0 spiro atoms. The van der Waals surface area contributed by atoms with Crippen molar-refractivity contribution in [3.63, 3.8) is 0 Å². The van der Waals surface area contributed by atoms with Crippen molar-refractivity contribution in [1.29, 1.82) is 0 Å². The summed E-state index contributed by atoms with van der Waals surface area (Å²) in [7, 11) is 0. The number of hydrogen-bond acceptors (Lipinski definition) is 2. The van der Waals surface area contributed by atoms with E-state index in [1.54, 1.807) is 0 Å². The Morgan fingerprint density at radius 1 is 1.43 bits per heavy atom. The van der Waals surface area contributed by atoms with E-state index in [2.05, 4.69) is 31.0 Å². The molecule has 0 aromatic heterocycles. The van der Waals surface area contributed by atoms with Gasteiger partial charge in [-0.2, -0.15) is 0 Å². The first-order valence-corrected chi connectivity index (χ1v) is 7.27. The van der Waals surface area contributed by atoms with E-state index >= 15 is 0 Å². The van der Waals surface area contributed by atoms with Crippen LogP contribution in [0.5, 0.6) is 0 Å². The van der Waals surface area contributed by atoms with Gasteiger partial charge in [0.1, 0.15) is 5.82 Å². The second-order valence-electron chi connectivity index (χ2n) is 5.32. The van der Waals surface area contributed by atoms with Crippen LogP contribution in [0, 0.1) is 23.6 Å². The summed E-state index contributed by atoms with van der Waals surface area (Å²) in [6, 6.07) is 4.05. The van der Waals surface area contributed by atoms with Crippen LogP contribution in [-0.4, -0.2) is 18.5 Å². The summed E-state index contributed by atoms with van der Waals surface area (Å²) in [4.78, 5) is 12.3. The SMILES string of the molecule is CCC(C)CC(C)NC(=O)c1cc(F)ccc1C#CCN. The highest BCUT2D eigenvalue weighted by Crippen LogP contribution is 2.13. The molecule has 2 unspecified atom stereocenters. The molecule has 0 aliphatic carbocycles. The molecule has 3 N–H and O–H groups in total. The average Bonchev–Trinajstić information content (AvgIpc) is 2.45. The summed E-state index contributed by atoms with van der Waals surface area (Å²) >= 11 is 0. The van der Waals surface area contributed by atoms with Gasteiger partial charge in [0.05, 0.1) is 12.1 Å². The van der Waals surface area contributed by atoms with E-state index in [4.69, 9.17) is 5.73 Å². The minimum atomic E-state index is -0.451. The number of nitrogens with two attached hydrogens (primary N) is 1. The number of benzene rings is 1. The highest BCUT2D eigenvalue weighted by atomic mass is 19.1. The molecule has 1 aromatic carbocycles. The van der Waals surface area contributed by atoms with Gasteiger partial charge < -0.3 is 11.1 Å². The van der Waals surface area contributed by atoms with Gasteiger partial charge in [0, 0.05) is 11.6 Å². The van der Waals surface area contributed by atoms with Gasteiger partial charge in [-0.15, -0.1) is 0 Å². The molecule has 1 rings (SSSR count). The van der Waals surface area contributed by atoms with Crippen LogP contribution in [-0.2, 0) is 0 Å². The van der Waals surface area contributed by atoms with Crippen LogP contribution >= 0.6 is 0 Å². The molecule has 0 saturated heterocycles. The molecule has 0 radical (unpaired) electrons. The highest BCUT2D eigenvalue weighted by molar-refractivity contribution is 5.96. The maximum Gasteiger partial charge on any atom is 0.252 e. The highest BCUT2D eigenvalue weighted by Gasteiger charge is 2.15. The third-order valence-electron chi connectivity index (χ3n) is 3.38. The molecule has 3 nitrogen and oxygen atoms in total. The summed E-state index contributed by atoms with van der Waals surface area (Å²) in [5.74, 6) is 5.27. The van der Waals surface area contributed by atoms with E-state index in [9.17, 15) is 9.18 Å². The Morgan fingerprint density at radius 3 is 2.76 bits per heavy atom. The van der Waals surface area contributed by atoms with E-state index in [0.29, 0.717) is 11.5 Å². The minimum Gasteiger partial charge on any atom is -0.350 e. The summed E-state index contributed by atoms with van der Waals surface area (Å²) < 4.78 is 13.4. The Labute approximate surface area is 126 Å². The zero-order valence-corrected chi connectivity index (χ0v) is 12.9. The van der Waals surface area contributed by atoms with Gasteiger partial charge >= 0.3 is 0 Å². The number of carbonyl (C=O) groups excluding carboxylic acids is 1. The van der Waals surface area contributed by atoms with Crippen LogP contribution < -0.4 is 11.1 Å². The van der Waals surface area contributed by atoms with Gasteiger partial charge in [0.25, 0.3) is 5.91 Å². The maximum absolute atomic E-state index is 13.4. The Kier molecular flexibility index (Phi) is 6.90. The average molecular weight is 290 g/mol. The molecule has 114 valence electrons. The zero-order chi connectivity index (χ0) is 15.8. The molecule has 2 atom stereocenters. The van der Waals surface area contributed by atoms with Crippen LogP contribution in [0.4, 0.5) is 4.39 Å². The molecule has 0 fully saturated rings. The third kappa shape index (κ3) is 5.57. The quantitative estimate of drug-likeness (QED) is 0.819. The van der Waals surface area contributed by atoms with Crippen molar-refractivity contribution in [2.45, 2.75) is 39.7 Å². The molecule has 0 bridgehead atoms. The standard InChI is InChI=1S/C17H23FN2O/c1-4-12(2)10-13(3)20-17(21)16-11-15(18)8-7-14(16)6-5-9-19/h7-8,11-13H,4,9-10,19H2,1-3H3,(H,20,21). The van der Waals surface area contributed by atoms with E-state index in [1.165, 1.54) is 18.2 Å². The molecule has 1 amide bonds. The van der Waals surface area contributed by atoms with Gasteiger partial charge in [-0.25, -0.2) is 4.39 Å². The first kappa shape index (κ1) is 17.2. The summed E-state index contributed by atoms with van der Waals surface area (Å²) in [6.45, 7) is 6.41. The van der Waals surface area contributed by atoms with Crippen LogP contribution in [0.15, 0.2) is 18.2 Å². The number of carbonyl (C=O) groups is 1. The molecule has 0 aliphatic rings. The summed E-state index contributed by atoms with van der Waals surface area (Å²) in [6.07, 6.45) is 1.95. The van der Waals surface area contributed by atoms with Crippen LogP contribution in [0.1, 0.15) is 49.5 Å². The minimum absolute atomic E-state index is 0.0334. The number of hydrogen-bond donors (Lipinski definition) is 2. The summed E-state index contributed by atoms with van der Waals surface area (Å²) in [5, 5.41) is 2.90. The van der Waals surface area contributed by atoms with Crippen molar-refractivity contribution < 1.29 is 9.18 Å². The van der Waals surface area contributed by atoms with Gasteiger partial charge in [-0.05, 0) is 37.5 Å². The number of amides is 1. The second kappa shape index (κ2) is 8.43. The van der Waals surface area contributed by atoms with Gasteiger partial charge in [0.2, 0.25) is 0 Å². The van der Waals surface area contributed by atoms with E-state index in [0.717, 1.165) is 12.8 Å². The fraction of sp³-hybridized carbons (Fsp3) is 0.471. The topological polar surface area (TPSA) is 55.1 Å². The molecule has 1 aromatic rings. The van der Waals surface area contributed by atoms with Gasteiger partial charge in [-0.1, -0.05) is 32.1 Å². The Morgan fingerprint density at radius 2 is 2.14 bits per heavy atom. The lowest BCUT2D eigenvalue weighted by molar-refractivity contribution is 0.0934. The lowest BCUT2D eigenvalue weighted by Gasteiger charge is -2.18. The smallest absolute Gasteiger partial charge is 0.252 e. The fourth-order valence-corrected chi connectivity index (χ4v) is 2.09. The van der Waals surface area contributed by atoms with Gasteiger partial charge in [0.15, 0.2) is 0 Å². The van der Waals surface area contributed by atoms with Crippen LogP contribution in [0.3, 0.4) is 0 Å². The second-order valence-corrected chi connectivity index (χ2v) is 5.32. The molecular weight excluding hydrogens is 267 g/mol. The van der Waals surface area contributed by atoms with Crippen molar-refractivity contribution in [2.24, 2.45) is 11.7 Å². The molecule has 0 heterocycles. The zero-order valence-electron chi connectivity index (χ0n) is 12.9. The number of nitrogens with one attached hydrogen (secondary N) is 1. The van der Waals surface area contributed by atoms with E-state index in [-0.39, 0.29) is 24.1 Å². The largest absolute Gasteiger partial charge is 0.350 e. The predicted molar refractivity (Wildman–Crippen MR) is 83.3 cm³/mol. The van der Waals surface area contributed by atoms with Crippen LogP contribution in [0.25, 0.3) is 0 Å². The van der Waals surface area contributed by atoms with Crippen LogP contribution in [0.2, 0.25) is 0 Å². The van der Waals surface area contributed by atoms with Crippen molar-refractivity contribution in [3.05, 3.63) is 35.1 Å². The number of rotatable bonds is 5. The first-order valence-electron chi connectivity index (χ1n) is 7.27. The van der Waals surface area contributed by atoms with Crippen molar-refractivity contribution in [2.75, 3.05) is 6.54 Å². The lowest BCUT2D eigenvalue weighted by atomic mass is 9.99. The van der Waals surface area contributed by atoms with Crippen molar-refractivity contribution >= 4 is 5.91 Å². The Bertz CT molecular complexity index is 545. The number of halogens is 1. The Hall–Kier alpha value is -1.86. The first-order chi connectivity index (χ1) is 9.97. The normalized spacial score (nSPS) is 13.0. The summed E-state index contributed by atoms with van der Waals surface area (Å²) in [5.41, 5.74) is 6.09. The third-order valence-corrected chi connectivity index (χ3v) is 3.38. The molecule has 21 heavy (non-hydrogen) atoms.